The van der Waals surface area contributed by atoms with Crippen molar-refractivity contribution in [2.75, 3.05) is 6.61 Å². The molecule has 3 heteroatoms. The minimum atomic E-state index is -0.156. The van der Waals surface area contributed by atoms with Crippen LogP contribution in [0.25, 0.3) is 0 Å². The van der Waals surface area contributed by atoms with Gasteiger partial charge in [-0.05, 0) is 6.92 Å². The van der Waals surface area contributed by atoms with Gasteiger partial charge in [0, 0.05) is 5.57 Å². The van der Waals surface area contributed by atoms with E-state index >= 15 is 0 Å². The maximum absolute atomic E-state index is 10.4. The second kappa shape index (κ2) is 3.83. The molecule has 0 N–H and O–H groups in total. The Bertz CT molecular complexity index is 137. The molecule has 0 aliphatic carbocycles. The summed E-state index contributed by atoms with van der Waals surface area (Å²) in [5.41, 5.74) is 0.308. The Balaban J connectivity index is 3.51. The van der Waals surface area contributed by atoms with Gasteiger partial charge in [0.05, 0.1) is 0 Å². The van der Waals surface area contributed by atoms with E-state index in [1.807, 2.05) is 0 Å². The molecule has 0 amide bonds. The van der Waals surface area contributed by atoms with Crippen LogP contribution in [-0.2, 0) is 14.3 Å². The molecule has 0 radical (unpaired) electrons. The fourth-order valence-electron chi connectivity index (χ4n) is 0.236. The zero-order valence-corrected chi connectivity index (χ0v) is 5.22. The lowest BCUT2D eigenvalue weighted by molar-refractivity contribution is -0.128. The summed E-state index contributed by atoms with van der Waals surface area (Å²) in [7, 11) is 0. The average Bonchev–Trinajstić information content (AvgIpc) is 1.82. The summed E-state index contributed by atoms with van der Waals surface area (Å²) in [4.78, 5) is 19.9. The number of carbonyl (C=O) groups is 2. The van der Waals surface area contributed by atoms with Crippen molar-refractivity contribution in [2.45, 2.75) is 6.92 Å². The number of rotatable bonds is 4. The highest BCUT2D eigenvalue weighted by molar-refractivity contribution is 5.92. The fraction of sp³-hybridized carbons (Fsp3) is 0.333. The second-order valence-corrected chi connectivity index (χ2v) is 1.57. The van der Waals surface area contributed by atoms with E-state index in [0.29, 0.717) is 5.57 Å². The van der Waals surface area contributed by atoms with E-state index in [2.05, 4.69) is 11.3 Å². The SMILES string of the molecule is C=C(COC=O)C(C)=O. The molecule has 0 saturated heterocycles. The quantitative estimate of drug-likeness (QED) is 0.404. The van der Waals surface area contributed by atoms with Gasteiger partial charge in [-0.25, -0.2) is 0 Å². The lowest BCUT2D eigenvalue weighted by atomic mass is 10.2. The number of Topliss-reactive ketones (excluding diaryl/α,β-unsaturated/α-hetero) is 1. The van der Waals surface area contributed by atoms with E-state index in [1.165, 1.54) is 6.92 Å². The zero-order chi connectivity index (χ0) is 7.28. The van der Waals surface area contributed by atoms with Crippen molar-refractivity contribution in [1.29, 1.82) is 0 Å². The van der Waals surface area contributed by atoms with Crippen LogP contribution >= 0.6 is 0 Å². The monoisotopic (exact) mass is 128 g/mol. The molecule has 0 aliphatic heterocycles. The third-order valence-corrected chi connectivity index (χ3v) is 0.823. The highest BCUT2D eigenvalue weighted by atomic mass is 16.5. The lowest BCUT2D eigenvalue weighted by Crippen LogP contribution is -2.02. The molecule has 0 atom stereocenters. The van der Waals surface area contributed by atoms with E-state index in [9.17, 15) is 9.59 Å². The third kappa shape index (κ3) is 3.46. The highest BCUT2D eigenvalue weighted by Gasteiger charge is 1.97. The van der Waals surface area contributed by atoms with Gasteiger partial charge in [-0.3, -0.25) is 9.59 Å². The van der Waals surface area contributed by atoms with Gasteiger partial charge < -0.3 is 4.74 Å². The topological polar surface area (TPSA) is 43.4 Å². The number of ketones is 1. The number of ether oxygens (including phenoxy) is 1. The van der Waals surface area contributed by atoms with E-state index in [-0.39, 0.29) is 18.9 Å². The predicted octanol–water partition coefficient (Wildman–Crippen LogP) is 0.305. The molecule has 0 rings (SSSR count). The normalized spacial score (nSPS) is 8.11. The summed E-state index contributed by atoms with van der Waals surface area (Å²) in [5, 5.41) is 0. The Morgan fingerprint density at radius 1 is 1.78 bits per heavy atom. The van der Waals surface area contributed by atoms with Crippen molar-refractivity contribution in [1.82, 2.24) is 0 Å². The zero-order valence-electron chi connectivity index (χ0n) is 5.22. The molecule has 0 heterocycles. The minimum Gasteiger partial charge on any atom is -0.463 e. The largest absolute Gasteiger partial charge is 0.463 e. The predicted molar refractivity (Wildman–Crippen MR) is 31.8 cm³/mol. The lowest BCUT2D eigenvalue weighted by Gasteiger charge is -1.96. The summed E-state index contributed by atoms with van der Waals surface area (Å²) in [5.74, 6) is -0.156. The first-order valence-corrected chi connectivity index (χ1v) is 2.42. The van der Waals surface area contributed by atoms with Gasteiger partial charge in [-0.2, -0.15) is 0 Å². The van der Waals surface area contributed by atoms with Crippen molar-refractivity contribution in [2.24, 2.45) is 0 Å². The summed E-state index contributed by atoms with van der Waals surface area (Å²) >= 11 is 0. The van der Waals surface area contributed by atoms with Crippen LogP contribution in [0.4, 0.5) is 0 Å². The number of carbonyl (C=O) groups excluding carboxylic acids is 2. The van der Waals surface area contributed by atoms with Crippen LogP contribution in [0.3, 0.4) is 0 Å². The Morgan fingerprint density at radius 2 is 2.33 bits per heavy atom. The highest BCUT2D eigenvalue weighted by Crippen LogP contribution is 1.90. The van der Waals surface area contributed by atoms with Crippen molar-refractivity contribution in [3.8, 4) is 0 Å². The minimum absolute atomic E-state index is 0.00116. The molecule has 0 fully saturated rings. The van der Waals surface area contributed by atoms with Crippen LogP contribution in [0.1, 0.15) is 6.92 Å². The first kappa shape index (κ1) is 7.88. The Labute approximate surface area is 53.3 Å². The van der Waals surface area contributed by atoms with Crippen LogP contribution in [-0.4, -0.2) is 18.9 Å². The van der Waals surface area contributed by atoms with Crippen molar-refractivity contribution in [3.63, 3.8) is 0 Å². The molecule has 0 spiro atoms. The van der Waals surface area contributed by atoms with Crippen LogP contribution in [0.2, 0.25) is 0 Å². The molecule has 0 aromatic rings. The van der Waals surface area contributed by atoms with Gasteiger partial charge >= 0.3 is 0 Å². The van der Waals surface area contributed by atoms with E-state index in [0.717, 1.165) is 0 Å². The summed E-state index contributed by atoms with van der Waals surface area (Å²) in [6.07, 6.45) is 0. The standard InChI is InChI=1S/C6H8O3/c1-5(6(2)8)3-9-4-7/h4H,1,3H2,2H3. The number of hydrogen-bond donors (Lipinski definition) is 0. The van der Waals surface area contributed by atoms with Gasteiger partial charge in [-0.15, -0.1) is 0 Å². The molecule has 0 bridgehead atoms. The molecular weight excluding hydrogens is 120 g/mol. The van der Waals surface area contributed by atoms with E-state index < -0.39 is 0 Å². The maximum atomic E-state index is 10.4. The van der Waals surface area contributed by atoms with Crippen molar-refractivity contribution in [3.05, 3.63) is 12.2 Å². The summed E-state index contributed by atoms with van der Waals surface area (Å²) in [6, 6.07) is 0. The Hall–Kier alpha value is -1.12. The van der Waals surface area contributed by atoms with Gasteiger partial charge in [0.25, 0.3) is 6.47 Å². The molecule has 50 valence electrons. The average molecular weight is 128 g/mol. The van der Waals surface area contributed by atoms with Gasteiger partial charge in [0.2, 0.25) is 0 Å². The summed E-state index contributed by atoms with van der Waals surface area (Å²) < 4.78 is 4.26. The van der Waals surface area contributed by atoms with Crippen LogP contribution < -0.4 is 0 Å². The molecule has 0 aromatic carbocycles. The van der Waals surface area contributed by atoms with Crippen molar-refractivity contribution < 1.29 is 14.3 Å². The maximum Gasteiger partial charge on any atom is 0.293 e. The van der Waals surface area contributed by atoms with Crippen LogP contribution in [0.15, 0.2) is 12.2 Å². The third-order valence-electron chi connectivity index (χ3n) is 0.823. The van der Waals surface area contributed by atoms with E-state index in [1.54, 1.807) is 0 Å². The first-order valence-electron chi connectivity index (χ1n) is 2.42. The van der Waals surface area contributed by atoms with Crippen LogP contribution in [0, 0.1) is 0 Å². The molecule has 3 nitrogen and oxygen atoms in total. The molecule has 9 heavy (non-hydrogen) atoms. The number of hydrogen-bond acceptors (Lipinski definition) is 3. The molecule has 0 unspecified atom stereocenters. The smallest absolute Gasteiger partial charge is 0.293 e. The molecule has 0 aliphatic rings. The fourth-order valence-corrected chi connectivity index (χ4v) is 0.236. The van der Waals surface area contributed by atoms with E-state index in [4.69, 9.17) is 0 Å². The van der Waals surface area contributed by atoms with Crippen LogP contribution in [0.5, 0.6) is 0 Å². The van der Waals surface area contributed by atoms with Gasteiger partial charge in [0.15, 0.2) is 5.78 Å². The van der Waals surface area contributed by atoms with Crippen molar-refractivity contribution >= 4 is 12.3 Å². The first-order chi connectivity index (χ1) is 4.18. The molecule has 0 aromatic heterocycles. The molecular formula is C6H8O3. The molecule has 0 saturated carbocycles. The Kier molecular flexibility index (Phi) is 3.35. The van der Waals surface area contributed by atoms with Gasteiger partial charge in [-0.1, -0.05) is 6.58 Å². The van der Waals surface area contributed by atoms with Gasteiger partial charge in [0.1, 0.15) is 6.61 Å². The second-order valence-electron chi connectivity index (χ2n) is 1.57. The Morgan fingerprint density at radius 3 is 2.67 bits per heavy atom. The summed E-state index contributed by atoms with van der Waals surface area (Å²) in [6.45, 7) is 5.01.